The van der Waals surface area contributed by atoms with Crippen LogP contribution in [0.2, 0.25) is 0 Å². The summed E-state index contributed by atoms with van der Waals surface area (Å²) in [4.78, 5) is 32.7. The molecular formula is C10H18N2O5. The van der Waals surface area contributed by atoms with Gasteiger partial charge < -0.3 is 20.5 Å². The SMILES string of the molecule is CCOC(=O)CNC(=O)NC(CC)CC(=O)O. The zero-order valence-electron chi connectivity index (χ0n) is 9.99. The highest BCUT2D eigenvalue weighted by atomic mass is 16.5. The van der Waals surface area contributed by atoms with Crippen molar-refractivity contribution in [2.24, 2.45) is 0 Å². The molecule has 0 aromatic heterocycles. The number of rotatable bonds is 7. The molecule has 0 aromatic rings. The molecule has 0 spiro atoms. The lowest BCUT2D eigenvalue weighted by Gasteiger charge is -2.15. The van der Waals surface area contributed by atoms with E-state index in [0.717, 1.165) is 0 Å². The lowest BCUT2D eigenvalue weighted by Crippen LogP contribution is -2.44. The largest absolute Gasteiger partial charge is 0.481 e. The highest BCUT2D eigenvalue weighted by Crippen LogP contribution is 1.96. The Bertz CT molecular complexity index is 280. The summed E-state index contributed by atoms with van der Waals surface area (Å²) in [7, 11) is 0. The van der Waals surface area contributed by atoms with Crippen LogP contribution in [-0.2, 0) is 14.3 Å². The maximum Gasteiger partial charge on any atom is 0.325 e. The minimum atomic E-state index is -0.984. The number of aliphatic carboxylic acids is 1. The second-order valence-electron chi connectivity index (χ2n) is 3.34. The molecule has 7 heteroatoms. The third-order valence-corrected chi connectivity index (χ3v) is 1.95. The maximum atomic E-state index is 11.3. The molecule has 3 N–H and O–H groups in total. The van der Waals surface area contributed by atoms with Crippen LogP contribution in [0.25, 0.3) is 0 Å². The number of esters is 1. The minimum Gasteiger partial charge on any atom is -0.481 e. The van der Waals surface area contributed by atoms with Crippen LogP contribution in [-0.4, -0.2) is 42.3 Å². The molecule has 0 aliphatic rings. The zero-order valence-corrected chi connectivity index (χ0v) is 9.99. The van der Waals surface area contributed by atoms with E-state index in [4.69, 9.17) is 5.11 Å². The summed E-state index contributed by atoms with van der Waals surface area (Å²) in [6.07, 6.45) is 0.350. The van der Waals surface area contributed by atoms with E-state index in [1.54, 1.807) is 13.8 Å². The predicted octanol–water partition coefficient (Wildman–Crippen LogP) is 0.102. The Kier molecular flexibility index (Phi) is 7.49. The Balaban J connectivity index is 3.90. The van der Waals surface area contributed by atoms with Crippen molar-refractivity contribution in [1.29, 1.82) is 0 Å². The normalized spacial score (nSPS) is 11.4. The van der Waals surface area contributed by atoms with Gasteiger partial charge in [-0.2, -0.15) is 0 Å². The number of carbonyl (C=O) groups is 3. The Morgan fingerprint density at radius 3 is 2.41 bits per heavy atom. The molecule has 0 aromatic carbocycles. The van der Waals surface area contributed by atoms with Crippen molar-refractivity contribution in [3.8, 4) is 0 Å². The van der Waals surface area contributed by atoms with Gasteiger partial charge in [0.25, 0.3) is 0 Å². The van der Waals surface area contributed by atoms with Crippen molar-refractivity contribution in [3.05, 3.63) is 0 Å². The van der Waals surface area contributed by atoms with Gasteiger partial charge in [-0.25, -0.2) is 4.79 Å². The average Bonchev–Trinajstić information content (AvgIpc) is 2.25. The molecule has 1 atom stereocenters. The van der Waals surface area contributed by atoms with Crippen molar-refractivity contribution >= 4 is 18.0 Å². The molecule has 0 saturated carbocycles. The number of hydrogen-bond acceptors (Lipinski definition) is 4. The topological polar surface area (TPSA) is 105 Å². The zero-order chi connectivity index (χ0) is 13.3. The van der Waals surface area contributed by atoms with Gasteiger partial charge >= 0.3 is 18.0 Å². The molecule has 17 heavy (non-hydrogen) atoms. The highest BCUT2D eigenvalue weighted by molar-refractivity contribution is 5.81. The monoisotopic (exact) mass is 246 g/mol. The lowest BCUT2D eigenvalue weighted by molar-refractivity contribution is -0.142. The summed E-state index contributed by atoms with van der Waals surface area (Å²) in [6, 6.07) is -1.03. The molecule has 0 radical (unpaired) electrons. The van der Waals surface area contributed by atoms with Crippen molar-refractivity contribution < 1.29 is 24.2 Å². The van der Waals surface area contributed by atoms with Gasteiger partial charge in [-0.15, -0.1) is 0 Å². The first-order chi connectivity index (χ1) is 7.99. The Labute approximate surface area is 99.5 Å². The van der Waals surface area contributed by atoms with E-state index in [1.807, 2.05) is 0 Å². The second-order valence-corrected chi connectivity index (χ2v) is 3.34. The number of carbonyl (C=O) groups excluding carboxylic acids is 2. The van der Waals surface area contributed by atoms with Gasteiger partial charge in [0.1, 0.15) is 6.54 Å². The summed E-state index contributed by atoms with van der Waals surface area (Å²) in [6.45, 7) is 3.44. The molecule has 0 rings (SSSR count). The first-order valence-corrected chi connectivity index (χ1v) is 5.41. The molecule has 1 unspecified atom stereocenters. The summed E-state index contributed by atoms with van der Waals surface area (Å²) in [5, 5.41) is 13.3. The molecule has 0 fully saturated rings. The van der Waals surface area contributed by atoms with Crippen LogP contribution in [0.5, 0.6) is 0 Å². The summed E-state index contributed by atoms with van der Waals surface area (Å²) in [5.74, 6) is -1.52. The van der Waals surface area contributed by atoms with Gasteiger partial charge in [-0.3, -0.25) is 9.59 Å². The van der Waals surface area contributed by atoms with Crippen molar-refractivity contribution in [1.82, 2.24) is 10.6 Å². The number of urea groups is 1. The molecule has 2 amide bonds. The third kappa shape index (κ3) is 8.06. The summed E-state index contributed by atoms with van der Waals surface area (Å²) < 4.78 is 4.61. The molecule has 0 heterocycles. The van der Waals surface area contributed by atoms with Crippen LogP contribution in [0.1, 0.15) is 26.7 Å². The van der Waals surface area contributed by atoms with Gasteiger partial charge in [0.15, 0.2) is 0 Å². The molecular weight excluding hydrogens is 228 g/mol. The fourth-order valence-corrected chi connectivity index (χ4v) is 1.11. The van der Waals surface area contributed by atoms with Gasteiger partial charge in [-0.1, -0.05) is 6.92 Å². The third-order valence-electron chi connectivity index (χ3n) is 1.95. The van der Waals surface area contributed by atoms with E-state index in [1.165, 1.54) is 0 Å². The van der Waals surface area contributed by atoms with E-state index < -0.39 is 24.0 Å². The summed E-state index contributed by atoms with van der Waals surface area (Å²) in [5.41, 5.74) is 0. The van der Waals surface area contributed by atoms with E-state index in [-0.39, 0.29) is 19.6 Å². The molecule has 98 valence electrons. The van der Waals surface area contributed by atoms with Crippen LogP contribution in [0.3, 0.4) is 0 Å². The fraction of sp³-hybridized carbons (Fsp3) is 0.700. The smallest absolute Gasteiger partial charge is 0.325 e. The molecule has 0 aliphatic carbocycles. The maximum absolute atomic E-state index is 11.3. The first-order valence-electron chi connectivity index (χ1n) is 5.41. The van der Waals surface area contributed by atoms with Crippen LogP contribution in [0.15, 0.2) is 0 Å². The van der Waals surface area contributed by atoms with Crippen molar-refractivity contribution in [2.75, 3.05) is 13.2 Å². The first kappa shape index (κ1) is 15.2. The summed E-state index contributed by atoms with van der Waals surface area (Å²) >= 11 is 0. The van der Waals surface area contributed by atoms with Gasteiger partial charge in [0.05, 0.1) is 13.0 Å². The van der Waals surface area contributed by atoms with E-state index >= 15 is 0 Å². The number of hydrogen-bond donors (Lipinski definition) is 3. The van der Waals surface area contributed by atoms with E-state index in [9.17, 15) is 14.4 Å². The Morgan fingerprint density at radius 2 is 1.94 bits per heavy atom. The fourth-order valence-electron chi connectivity index (χ4n) is 1.11. The highest BCUT2D eigenvalue weighted by Gasteiger charge is 2.14. The van der Waals surface area contributed by atoms with E-state index in [0.29, 0.717) is 6.42 Å². The Morgan fingerprint density at radius 1 is 1.29 bits per heavy atom. The van der Waals surface area contributed by atoms with Crippen molar-refractivity contribution in [2.45, 2.75) is 32.7 Å². The van der Waals surface area contributed by atoms with Gasteiger partial charge in [0, 0.05) is 6.04 Å². The van der Waals surface area contributed by atoms with Crippen LogP contribution >= 0.6 is 0 Å². The van der Waals surface area contributed by atoms with Gasteiger partial charge in [0.2, 0.25) is 0 Å². The standard InChI is InChI=1S/C10H18N2O5/c1-3-7(5-8(13)14)12-10(16)11-6-9(15)17-4-2/h7H,3-6H2,1-2H3,(H,13,14)(H2,11,12,16). The molecule has 7 nitrogen and oxygen atoms in total. The van der Waals surface area contributed by atoms with E-state index in [2.05, 4.69) is 15.4 Å². The van der Waals surface area contributed by atoms with Crippen LogP contribution in [0, 0.1) is 0 Å². The average molecular weight is 246 g/mol. The lowest BCUT2D eigenvalue weighted by atomic mass is 10.1. The molecule has 0 aliphatic heterocycles. The number of carboxylic acids is 1. The van der Waals surface area contributed by atoms with Crippen LogP contribution in [0.4, 0.5) is 4.79 Å². The molecule has 0 saturated heterocycles. The minimum absolute atomic E-state index is 0.149. The number of nitrogens with one attached hydrogen (secondary N) is 2. The predicted molar refractivity (Wildman–Crippen MR) is 59.5 cm³/mol. The quantitative estimate of drug-likeness (QED) is 0.553. The number of amides is 2. The molecule has 0 bridgehead atoms. The number of carboxylic acid groups (broad SMARTS) is 1. The number of ether oxygens (including phenoxy) is 1. The van der Waals surface area contributed by atoms with Crippen LogP contribution < -0.4 is 10.6 Å². The second kappa shape index (κ2) is 8.37. The van der Waals surface area contributed by atoms with Crippen molar-refractivity contribution in [3.63, 3.8) is 0 Å². The van der Waals surface area contributed by atoms with Gasteiger partial charge in [-0.05, 0) is 13.3 Å². The Hall–Kier alpha value is -1.79.